The van der Waals surface area contributed by atoms with Gasteiger partial charge in [-0.15, -0.1) is 10.2 Å². The number of H-pyrrole nitrogens is 1. The van der Waals surface area contributed by atoms with Gasteiger partial charge in [-0.2, -0.15) is 5.21 Å². The number of rotatable bonds is 26. The number of hydrogen-bond acceptors (Lipinski definition) is 7. The van der Waals surface area contributed by atoms with Crippen LogP contribution in [0.25, 0.3) is 11.4 Å². The highest BCUT2D eigenvalue weighted by Crippen LogP contribution is 2.19. The molecule has 0 saturated heterocycles. The van der Waals surface area contributed by atoms with Crippen LogP contribution in [0, 0.1) is 0 Å². The number of nitrogens with zero attached hydrogens (tertiary/aromatic N) is 3. The van der Waals surface area contributed by atoms with Gasteiger partial charge in [0.2, 0.25) is 5.82 Å². The number of tetrazole rings is 1. The van der Waals surface area contributed by atoms with E-state index in [0.29, 0.717) is 37.8 Å². The van der Waals surface area contributed by atoms with Gasteiger partial charge in [-0.3, -0.25) is 4.79 Å². The highest BCUT2D eigenvalue weighted by Gasteiger charge is 2.04. The maximum Gasteiger partial charge on any atom is 0.204 e. The molecule has 0 amide bonds. The summed E-state index contributed by atoms with van der Waals surface area (Å²) in [6.45, 7) is 5.40. The Morgan fingerprint density at radius 1 is 0.684 bits per heavy atom. The standard InChI is InChI=1S/C30H50N4O4/c1-2-36-25-26-37-23-16-18-28(35)17-14-12-10-8-6-4-3-5-7-9-11-13-15-24-38-29-21-19-27(20-22-29)30-31-33-34-32-30/h19-22H,2-18,23-26H2,1H3,(H,31,32,33,34). The van der Waals surface area contributed by atoms with Crippen molar-refractivity contribution in [3.63, 3.8) is 0 Å². The van der Waals surface area contributed by atoms with Crippen LogP contribution in [-0.4, -0.2) is 59.4 Å². The molecule has 1 aromatic carbocycles. The minimum Gasteiger partial charge on any atom is -0.494 e. The second-order valence-corrected chi connectivity index (χ2v) is 9.91. The molecule has 0 fully saturated rings. The number of unbranched alkanes of at least 4 members (excludes halogenated alkanes) is 12. The lowest BCUT2D eigenvalue weighted by atomic mass is 10.0. The first-order valence-electron chi connectivity index (χ1n) is 14.9. The number of benzene rings is 1. The van der Waals surface area contributed by atoms with Gasteiger partial charge in [0.25, 0.3) is 0 Å². The number of hydrogen-bond donors (Lipinski definition) is 1. The first-order chi connectivity index (χ1) is 18.8. The predicted molar refractivity (Wildman–Crippen MR) is 151 cm³/mol. The number of Topliss-reactive ketones (excluding diaryl/α,β-unsaturated/α-hetero) is 1. The molecular weight excluding hydrogens is 480 g/mol. The highest BCUT2D eigenvalue weighted by molar-refractivity contribution is 5.78. The quantitative estimate of drug-likeness (QED) is 0.129. The topological polar surface area (TPSA) is 99.2 Å². The van der Waals surface area contributed by atoms with Crippen LogP contribution in [0.3, 0.4) is 0 Å². The number of ether oxygens (including phenoxy) is 3. The summed E-state index contributed by atoms with van der Waals surface area (Å²) in [6, 6.07) is 7.82. The summed E-state index contributed by atoms with van der Waals surface area (Å²) in [6.07, 6.45) is 18.7. The summed E-state index contributed by atoms with van der Waals surface area (Å²) in [4.78, 5) is 11.9. The van der Waals surface area contributed by atoms with Gasteiger partial charge in [-0.1, -0.05) is 70.6 Å². The third kappa shape index (κ3) is 16.5. The molecular formula is C30H50N4O4. The molecule has 0 unspecified atom stereocenters. The number of nitrogens with one attached hydrogen (secondary N) is 1. The zero-order chi connectivity index (χ0) is 26.9. The molecule has 0 spiro atoms. The molecule has 0 atom stereocenters. The lowest BCUT2D eigenvalue weighted by Crippen LogP contribution is -2.06. The molecule has 1 heterocycles. The molecule has 0 radical (unpaired) electrons. The molecule has 0 aliphatic heterocycles. The molecule has 1 N–H and O–H groups in total. The molecule has 1 aromatic heterocycles. The van der Waals surface area contributed by atoms with Gasteiger partial charge in [-0.05, 0) is 55.7 Å². The van der Waals surface area contributed by atoms with Crippen molar-refractivity contribution in [3.8, 4) is 17.1 Å². The van der Waals surface area contributed by atoms with Gasteiger partial charge < -0.3 is 14.2 Å². The Bertz CT molecular complexity index is 799. The number of aromatic nitrogens is 4. The van der Waals surface area contributed by atoms with E-state index in [4.69, 9.17) is 14.2 Å². The van der Waals surface area contributed by atoms with Crippen LogP contribution in [0.5, 0.6) is 5.75 Å². The fourth-order valence-corrected chi connectivity index (χ4v) is 4.40. The Morgan fingerprint density at radius 2 is 1.26 bits per heavy atom. The predicted octanol–water partition coefficient (Wildman–Crippen LogP) is 7.11. The van der Waals surface area contributed by atoms with E-state index in [1.807, 2.05) is 31.2 Å². The summed E-state index contributed by atoms with van der Waals surface area (Å²) < 4.78 is 16.5. The summed E-state index contributed by atoms with van der Waals surface area (Å²) in [5, 5.41) is 14.0. The van der Waals surface area contributed by atoms with Crippen LogP contribution >= 0.6 is 0 Å². The Balaban J connectivity index is 1.26. The first kappa shape index (κ1) is 31.9. The van der Waals surface area contributed by atoms with E-state index in [0.717, 1.165) is 50.2 Å². The normalized spacial score (nSPS) is 11.2. The van der Waals surface area contributed by atoms with Crippen LogP contribution in [0.4, 0.5) is 0 Å². The molecule has 0 aliphatic carbocycles. The van der Waals surface area contributed by atoms with Crippen LogP contribution in [0.15, 0.2) is 24.3 Å². The van der Waals surface area contributed by atoms with Crippen molar-refractivity contribution in [2.45, 2.75) is 110 Å². The molecule has 0 bridgehead atoms. The number of carbonyl (C=O) groups excluding carboxylic acids is 1. The second-order valence-electron chi connectivity index (χ2n) is 9.91. The monoisotopic (exact) mass is 530 g/mol. The number of ketones is 1. The zero-order valence-corrected chi connectivity index (χ0v) is 23.6. The molecule has 0 aliphatic rings. The smallest absolute Gasteiger partial charge is 0.204 e. The van der Waals surface area contributed by atoms with Crippen molar-refractivity contribution in [2.75, 3.05) is 33.0 Å². The van der Waals surface area contributed by atoms with Gasteiger partial charge in [0.15, 0.2) is 0 Å². The van der Waals surface area contributed by atoms with Gasteiger partial charge >= 0.3 is 0 Å². The highest BCUT2D eigenvalue weighted by atomic mass is 16.5. The molecule has 8 heteroatoms. The molecule has 2 rings (SSSR count). The van der Waals surface area contributed by atoms with Gasteiger partial charge in [0, 0.05) is 31.6 Å². The SMILES string of the molecule is CCOCCOCCCC(=O)CCCCCCCCCCCCCCCOc1ccc(-c2nn[nH]n2)cc1. The minimum atomic E-state index is 0.387. The van der Waals surface area contributed by atoms with E-state index in [9.17, 15) is 4.79 Å². The molecule has 2 aromatic rings. The molecule has 0 saturated carbocycles. The lowest BCUT2D eigenvalue weighted by Gasteiger charge is -2.07. The van der Waals surface area contributed by atoms with Crippen molar-refractivity contribution in [2.24, 2.45) is 0 Å². The molecule has 38 heavy (non-hydrogen) atoms. The lowest BCUT2D eigenvalue weighted by molar-refractivity contribution is -0.119. The Labute approximate surface area is 229 Å². The fraction of sp³-hybridized carbons (Fsp3) is 0.733. The summed E-state index contributed by atoms with van der Waals surface area (Å²) >= 11 is 0. The summed E-state index contributed by atoms with van der Waals surface area (Å²) in [5.74, 6) is 1.87. The average Bonchev–Trinajstić information content (AvgIpc) is 3.48. The maximum absolute atomic E-state index is 11.9. The van der Waals surface area contributed by atoms with Crippen LogP contribution in [0.2, 0.25) is 0 Å². The van der Waals surface area contributed by atoms with E-state index in [1.54, 1.807) is 0 Å². The van der Waals surface area contributed by atoms with E-state index in [2.05, 4.69) is 20.6 Å². The molecule has 214 valence electrons. The second kappa shape index (κ2) is 22.6. The van der Waals surface area contributed by atoms with E-state index in [-0.39, 0.29) is 0 Å². The van der Waals surface area contributed by atoms with Crippen molar-refractivity contribution in [3.05, 3.63) is 24.3 Å². The largest absolute Gasteiger partial charge is 0.494 e. The number of aromatic amines is 1. The summed E-state index contributed by atoms with van der Waals surface area (Å²) in [7, 11) is 0. The van der Waals surface area contributed by atoms with E-state index >= 15 is 0 Å². The first-order valence-corrected chi connectivity index (χ1v) is 14.9. The minimum absolute atomic E-state index is 0.387. The Hall–Kier alpha value is -2.32. The van der Waals surface area contributed by atoms with Crippen molar-refractivity contribution in [1.29, 1.82) is 0 Å². The van der Waals surface area contributed by atoms with E-state index in [1.165, 1.54) is 70.6 Å². The van der Waals surface area contributed by atoms with Crippen molar-refractivity contribution in [1.82, 2.24) is 20.6 Å². The van der Waals surface area contributed by atoms with Crippen LogP contribution in [0.1, 0.15) is 110 Å². The van der Waals surface area contributed by atoms with Gasteiger partial charge in [-0.25, -0.2) is 0 Å². The van der Waals surface area contributed by atoms with Crippen molar-refractivity contribution >= 4 is 5.78 Å². The third-order valence-corrected chi connectivity index (χ3v) is 6.65. The zero-order valence-electron chi connectivity index (χ0n) is 23.6. The fourth-order valence-electron chi connectivity index (χ4n) is 4.40. The number of carbonyl (C=O) groups is 1. The van der Waals surface area contributed by atoms with Gasteiger partial charge in [0.05, 0.1) is 19.8 Å². The van der Waals surface area contributed by atoms with E-state index < -0.39 is 0 Å². The molecule has 8 nitrogen and oxygen atoms in total. The van der Waals surface area contributed by atoms with Crippen LogP contribution < -0.4 is 4.74 Å². The van der Waals surface area contributed by atoms with Crippen molar-refractivity contribution < 1.29 is 19.0 Å². The average molecular weight is 531 g/mol. The maximum atomic E-state index is 11.9. The van der Waals surface area contributed by atoms with Crippen LogP contribution in [-0.2, 0) is 14.3 Å². The Morgan fingerprint density at radius 3 is 1.87 bits per heavy atom. The summed E-state index contributed by atoms with van der Waals surface area (Å²) in [5.41, 5.74) is 0.928. The third-order valence-electron chi connectivity index (χ3n) is 6.65. The van der Waals surface area contributed by atoms with Gasteiger partial charge in [0.1, 0.15) is 11.5 Å². The Kier molecular flexibility index (Phi) is 19.0.